The average molecular weight is 450 g/mol. The molecule has 1 N–H and O–H groups in total. The van der Waals surface area contributed by atoms with Crippen LogP contribution in [0.4, 0.5) is 24.5 Å². The number of amides is 1. The lowest BCUT2D eigenvalue weighted by Gasteiger charge is -2.43. The fourth-order valence-corrected chi connectivity index (χ4v) is 4.32. The largest absolute Gasteiger partial charge is 0.416 e. The Labute approximate surface area is 183 Å². The van der Waals surface area contributed by atoms with Crippen LogP contribution in [0.5, 0.6) is 0 Å². The van der Waals surface area contributed by atoms with Crippen molar-refractivity contribution in [2.75, 3.05) is 4.90 Å². The maximum Gasteiger partial charge on any atom is 0.416 e. The molecule has 6 nitrogen and oxygen atoms in total. The van der Waals surface area contributed by atoms with Gasteiger partial charge in [0.1, 0.15) is 6.23 Å². The third-order valence-electron chi connectivity index (χ3n) is 6.14. The molecule has 0 radical (unpaired) electrons. The van der Waals surface area contributed by atoms with E-state index < -0.39 is 34.7 Å². The van der Waals surface area contributed by atoms with E-state index in [9.17, 15) is 33.2 Å². The molecule has 1 fully saturated rings. The van der Waals surface area contributed by atoms with E-state index in [-0.39, 0.29) is 23.2 Å². The number of non-ortho nitro benzene ring substituents is 1. The number of carbonyl (C=O) groups excluding carboxylic acids is 1. The zero-order valence-corrected chi connectivity index (χ0v) is 17.7. The molecule has 2 aromatic rings. The van der Waals surface area contributed by atoms with Gasteiger partial charge in [0.15, 0.2) is 0 Å². The van der Waals surface area contributed by atoms with Crippen LogP contribution < -0.4 is 4.90 Å². The Morgan fingerprint density at radius 2 is 1.88 bits per heavy atom. The van der Waals surface area contributed by atoms with Crippen LogP contribution in [0.25, 0.3) is 0 Å². The summed E-state index contributed by atoms with van der Waals surface area (Å²) >= 11 is 0. The summed E-state index contributed by atoms with van der Waals surface area (Å²) < 4.78 is 39.5. The summed E-state index contributed by atoms with van der Waals surface area (Å²) in [6.45, 7) is 3.69. The second-order valence-corrected chi connectivity index (χ2v) is 8.29. The summed E-state index contributed by atoms with van der Waals surface area (Å²) in [7, 11) is 0. The lowest BCUT2D eigenvalue weighted by molar-refractivity contribution is -0.384. The van der Waals surface area contributed by atoms with Crippen molar-refractivity contribution in [1.29, 1.82) is 0 Å². The Balaban J connectivity index is 1.88. The molecule has 1 aliphatic heterocycles. The molecule has 1 heterocycles. The van der Waals surface area contributed by atoms with Gasteiger partial charge in [-0.1, -0.05) is 38.5 Å². The summed E-state index contributed by atoms with van der Waals surface area (Å²) in [5.74, 6) is -1.38. The van der Waals surface area contributed by atoms with Gasteiger partial charge < -0.3 is 5.11 Å². The lowest BCUT2D eigenvalue weighted by atomic mass is 9.76. The van der Waals surface area contributed by atoms with Crippen LogP contribution in [-0.2, 0) is 17.4 Å². The summed E-state index contributed by atoms with van der Waals surface area (Å²) in [5, 5.41) is 21.5. The normalized spacial score (nSPS) is 22.6. The molecule has 0 bridgehead atoms. The topological polar surface area (TPSA) is 83.7 Å². The number of benzene rings is 2. The summed E-state index contributed by atoms with van der Waals surface area (Å²) in [4.78, 5) is 24.8. The highest BCUT2D eigenvalue weighted by Crippen LogP contribution is 2.39. The number of hydrogen-bond donors (Lipinski definition) is 1. The first-order chi connectivity index (χ1) is 15.0. The minimum atomic E-state index is -4.56. The monoisotopic (exact) mass is 450 g/mol. The molecule has 0 aliphatic carbocycles. The number of nitro groups is 1. The Morgan fingerprint density at radius 1 is 1.22 bits per heavy atom. The van der Waals surface area contributed by atoms with Crippen LogP contribution in [0.2, 0.25) is 0 Å². The van der Waals surface area contributed by atoms with Crippen molar-refractivity contribution in [3.63, 3.8) is 0 Å². The van der Waals surface area contributed by atoms with Crippen LogP contribution >= 0.6 is 0 Å². The second kappa shape index (κ2) is 9.28. The molecule has 1 amide bonds. The fraction of sp³-hybridized carbons (Fsp3) is 0.435. The summed E-state index contributed by atoms with van der Waals surface area (Å²) in [6.07, 6.45) is -4.26. The predicted octanol–water partition coefficient (Wildman–Crippen LogP) is 5.19. The van der Waals surface area contributed by atoms with Gasteiger partial charge in [-0.25, -0.2) is 0 Å². The zero-order chi connectivity index (χ0) is 23.6. The maximum atomic E-state index is 13.4. The molecule has 1 saturated heterocycles. The van der Waals surface area contributed by atoms with E-state index in [1.807, 2.05) is 6.92 Å². The number of halogens is 3. The number of anilines is 1. The average Bonchev–Trinajstić information content (AvgIpc) is 2.75. The fourth-order valence-electron chi connectivity index (χ4n) is 4.32. The number of alkyl halides is 3. The molecule has 3 rings (SSSR count). The molecule has 2 aromatic carbocycles. The van der Waals surface area contributed by atoms with E-state index in [0.717, 1.165) is 22.6 Å². The van der Waals surface area contributed by atoms with Gasteiger partial charge in [-0.05, 0) is 42.5 Å². The quantitative estimate of drug-likeness (QED) is 0.485. The van der Waals surface area contributed by atoms with Gasteiger partial charge in [0.05, 0.1) is 10.5 Å². The minimum Gasteiger partial charge on any atom is -0.373 e. The number of aliphatic hydroxyl groups is 1. The zero-order valence-electron chi connectivity index (χ0n) is 17.7. The number of nitro benzene ring substituents is 1. The second-order valence-electron chi connectivity index (χ2n) is 8.29. The predicted molar refractivity (Wildman–Crippen MR) is 113 cm³/mol. The SMILES string of the molecule is CCC(Cc1ccc([N+](=O)[O-])cc1)C1CC(C)C(O)N(c2cccc(C(F)(F)F)c2)C1=O. The van der Waals surface area contributed by atoms with Crippen molar-refractivity contribution >= 4 is 17.3 Å². The highest BCUT2D eigenvalue weighted by Gasteiger charge is 2.43. The molecular formula is C23H25F3N2O4. The standard InChI is InChI=1S/C23H25F3N2O4/c1-3-16(12-15-7-9-18(10-8-15)28(31)32)20-11-14(2)21(29)27(22(20)30)19-6-4-5-17(13-19)23(24,25)26/h4-10,13-14,16,20-21,29H,3,11-12H2,1-2H3. The third kappa shape index (κ3) is 4.93. The van der Waals surface area contributed by atoms with Crippen LogP contribution in [-0.4, -0.2) is 22.2 Å². The number of carbonyl (C=O) groups is 1. The maximum absolute atomic E-state index is 13.4. The molecule has 0 aromatic heterocycles. The highest BCUT2D eigenvalue weighted by molar-refractivity contribution is 5.96. The molecule has 4 atom stereocenters. The van der Waals surface area contributed by atoms with Crippen molar-refractivity contribution in [1.82, 2.24) is 0 Å². The van der Waals surface area contributed by atoms with E-state index in [1.165, 1.54) is 24.3 Å². The van der Waals surface area contributed by atoms with Gasteiger partial charge in [0, 0.05) is 29.7 Å². The molecular weight excluding hydrogens is 425 g/mol. The van der Waals surface area contributed by atoms with Crippen molar-refractivity contribution in [3.8, 4) is 0 Å². The van der Waals surface area contributed by atoms with E-state index in [1.54, 1.807) is 19.1 Å². The van der Waals surface area contributed by atoms with E-state index in [0.29, 0.717) is 19.3 Å². The van der Waals surface area contributed by atoms with Crippen molar-refractivity contribution in [2.45, 2.75) is 45.5 Å². The van der Waals surface area contributed by atoms with E-state index >= 15 is 0 Å². The lowest BCUT2D eigenvalue weighted by Crippen LogP contribution is -2.54. The molecule has 9 heteroatoms. The van der Waals surface area contributed by atoms with E-state index in [4.69, 9.17) is 0 Å². The minimum absolute atomic E-state index is 0.0130. The number of hydrogen-bond acceptors (Lipinski definition) is 4. The van der Waals surface area contributed by atoms with E-state index in [2.05, 4.69) is 0 Å². The molecule has 32 heavy (non-hydrogen) atoms. The number of nitrogens with zero attached hydrogens (tertiary/aromatic N) is 2. The van der Waals surface area contributed by atoms with Crippen molar-refractivity contribution in [2.24, 2.45) is 17.8 Å². The molecule has 4 unspecified atom stereocenters. The first-order valence-electron chi connectivity index (χ1n) is 10.4. The van der Waals surface area contributed by atoms with Crippen molar-refractivity contribution in [3.05, 3.63) is 69.8 Å². The van der Waals surface area contributed by atoms with Crippen LogP contribution in [0.1, 0.15) is 37.8 Å². The van der Waals surface area contributed by atoms with Gasteiger partial charge in [-0.15, -0.1) is 0 Å². The Kier molecular flexibility index (Phi) is 6.88. The molecule has 0 saturated carbocycles. The Bertz CT molecular complexity index is 978. The Morgan fingerprint density at radius 3 is 2.44 bits per heavy atom. The van der Waals surface area contributed by atoms with Gasteiger partial charge >= 0.3 is 6.18 Å². The van der Waals surface area contributed by atoms with Crippen LogP contribution in [0.15, 0.2) is 48.5 Å². The van der Waals surface area contributed by atoms with Gasteiger partial charge in [-0.2, -0.15) is 13.2 Å². The van der Waals surface area contributed by atoms with Gasteiger partial charge in [0.2, 0.25) is 5.91 Å². The summed E-state index contributed by atoms with van der Waals surface area (Å²) in [5.41, 5.74) is -0.0654. The smallest absolute Gasteiger partial charge is 0.373 e. The summed E-state index contributed by atoms with van der Waals surface area (Å²) in [6, 6.07) is 10.5. The Hall–Kier alpha value is -2.94. The first-order valence-corrected chi connectivity index (χ1v) is 10.4. The first kappa shape index (κ1) is 23.7. The molecule has 0 spiro atoms. The molecule has 1 aliphatic rings. The van der Waals surface area contributed by atoms with Crippen LogP contribution in [0.3, 0.4) is 0 Å². The third-order valence-corrected chi connectivity index (χ3v) is 6.14. The van der Waals surface area contributed by atoms with Gasteiger partial charge in [-0.3, -0.25) is 19.8 Å². The highest BCUT2D eigenvalue weighted by atomic mass is 19.4. The number of aliphatic hydroxyl groups excluding tert-OH is 1. The van der Waals surface area contributed by atoms with Crippen molar-refractivity contribution < 1.29 is 28.0 Å². The van der Waals surface area contributed by atoms with Gasteiger partial charge in [0.25, 0.3) is 5.69 Å². The molecule has 172 valence electrons. The number of rotatable bonds is 6. The van der Waals surface area contributed by atoms with Crippen LogP contribution in [0, 0.1) is 27.9 Å². The number of piperidine rings is 1.